The topological polar surface area (TPSA) is 67.2 Å². The molecule has 0 atom stereocenters. The van der Waals surface area contributed by atoms with Crippen molar-refractivity contribution in [2.45, 2.75) is 0 Å². The minimum atomic E-state index is -0.0604. The van der Waals surface area contributed by atoms with Gasteiger partial charge >= 0.3 is 0 Å². The fraction of sp³-hybridized carbons (Fsp3) is 0.238. The van der Waals surface area contributed by atoms with Gasteiger partial charge in [-0.15, -0.1) is 0 Å². The lowest BCUT2D eigenvalue weighted by atomic mass is 10.2. The summed E-state index contributed by atoms with van der Waals surface area (Å²) >= 11 is 1.54. The summed E-state index contributed by atoms with van der Waals surface area (Å²) in [5.74, 6) is 1.75. The third-order valence-corrected chi connectivity index (χ3v) is 6.12. The van der Waals surface area contributed by atoms with Crippen molar-refractivity contribution in [1.29, 1.82) is 0 Å². The third-order valence-electron chi connectivity index (χ3n) is 5.31. The van der Waals surface area contributed by atoms with Crippen molar-refractivity contribution in [3.05, 3.63) is 65.2 Å². The van der Waals surface area contributed by atoms with E-state index in [9.17, 15) is 4.79 Å². The molecule has 146 valence electrons. The van der Waals surface area contributed by atoms with E-state index in [0.29, 0.717) is 11.6 Å². The standard InChI is InChI=1S/C21H20N6OS/c1-25-19(28)14-17(15-6-8-22-9-7-15)23-21(25)27-12-10-26(11-13-27)20-16-4-2-3-5-18(16)29-24-20/h2-9,14H,10-13H2,1H3. The molecule has 0 saturated carbocycles. The first-order valence-electron chi connectivity index (χ1n) is 9.53. The predicted octanol–water partition coefficient (Wildman–Crippen LogP) is 2.78. The Morgan fingerprint density at radius 2 is 1.69 bits per heavy atom. The van der Waals surface area contributed by atoms with Crippen LogP contribution in [0.15, 0.2) is 59.7 Å². The number of piperazine rings is 1. The van der Waals surface area contributed by atoms with Crippen molar-refractivity contribution in [2.75, 3.05) is 36.0 Å². The molecule has 0 bridgehead atoms. The number of hydrogen-bond donors (Lipinski definition) is 0. The quantitative estimate of drug-likeness (QED) is 0.523. The molecule has 5 rings (SSSR count). The van der Waals surface area contributed by atoms with E-state index in [1.807, 2.05) is 18.2 Å². The molecule has 29 heavy (non-hydrogen) atoms. The number of pyridine rings is 1. The van der Waals surface area contributed by atoms with Crippen molar-refractivity contribution in [2.24, 2.45) is 7.05 Å². The summed E-state index contributed by atoms with van der Waals surface area (Å²) in [5, 5.41) is 1.20. The highest BCUT2D eigenvalue weighted by Crippen LogP contribution is 2.30. The Morgan fingerprint density at radius 1 is 0.966 bits per heavy atom. The van der Waals surface area contributed by atoms with Crippen LogP contribution in [-0.2, 0) is 7.05 Å². The lowest BCUT2D eigenvalue weighted by molar-refractivity contribution is 0.619. The van der Waals surface area contributed by atoms with Gasteiger partial charge in [0.25, 0.3) is 5.56 Å². The lowest BCUT2D eigenvalue weighted by Crippen LogP contribution is -2.48. The number of anilines is 2. The molecule has 7 nitrogen and oxygen atoms in total. The summed E-state index contributed by atoms with van der Waals surface area (Å²) in [4.78, 5) is 25.9. The molecule has 1 aliphatic heterocycles. The molecule has 1 fully saturated rings. The first-order chi connectivity index (χ1) is 14.2. The van der Waals surface area contributed by atoms with E-state index in [-0.39, 0.29) is 5.56 Å². The number of benzene rings is 1. The number of nitrogens with zero attached hydrogens (tertiary/aromatic N) is 6. The van der Waals surface area contributed by atoms with Gasteiger partial charge in [-0.1, -0.05) is 12.1 Å². The molecule has 1 saturated heterocycles. The van der Waals surface area contributed by atoms with Crippen molar-refractivity contribution in [3.63, 3.8) is 0 Å². The van der Waals surface area contributed by atoms with Crippen LogP contribution in [0.4, 0.5) is 11.8 Å². The van der Waals surface area contributed by atoms with Crippen LogP contribution in [-0.4, -0.2) is 45.1 Å². The van der Waals surface area contributed by atoms with Gasteiger partial charge in [-0.2, -0.15) is 4.37 Å². The molecule has 3 aromatic heterocycles. The smallest absolute Gasteiger partial charge is 0.255 e. The number of aromatic nitrogens is 4. The maximum absolute atomic E-state index is 12.5. The van der Waals surface area contributed by atoms with Crippen LogP contribution in [0.3, 0.4) is 0 Å². The normalized spacial score (nSPS) is 14.5. The van der Waals surface area contributed by atoms with Crippen LogP contribution in [0.5, 0.6) is 0 Å². The predicted molar refractivity (Wildman–Crippen MR) is 117 cm³/mol. The van der Waals surface area contributed by atoms with Crippen LogP contribution in [0.1, 0.15) is 0 Å². The first-order valence-corrected chi connectivity index (χ1v) is 10.3. The van der Waals surface area contributed by atoms with E-state index in [1.54, 1.807) is 41.6 Å². The Bertz CT molecular complexity index is 1210. The second-order valence-electron chi connectivity index (χ2n) is 7.05. The highest BCUT2D eigenvalue weighted by atomic mass is 32.1. The molecule has 0 unspecified atom stereocenters. The molecular formula is C21H20N6OS. The van der Waals surface area contributed by atoms with E-state index in [0.717, 1.165) is 37.6 Å². The number of fused-ring (bicyclic) bond motifs is 1. The van der Waals surface area contributed by atoms with E-state index in [1.165, 1.54) is 10.1 Å². The first kappa shape index (κ1) is 17.8. The second kappa shape index (κ2) is 7.29. The molecule has 0 N–H and O–H groups in total. The van der Waals surface area contributed by atoms with Crippen molar-refractivity contribution in [1.82, 2.24) is 18.9 Å². The zero-order valence-electron chi connectivity index (χ0n) is 16.0. The van der Waals surface area contributed by atoms with Gasteiger partial charge in [0.1, 0.15) is 5.82 Å². The zero-order chi connectivity index (χ0) is 19.8. The number of rotatable bonds is 3. The minimum absolute atomic E-state index is 0.0604. The Kier molecular flexibility index (Phi) is 4.48. The third kappa shape index (κ3) is 3.25. The maximum atomic E-state index is 12.5. The second-order valence-corrected chi connectivity index (χ2v) is 7.86. The van der Waals surface area contributed by atoms with E-state index in [2.05, 4.69) is 37.4 Å². The molecule has 0 aliphatic carbocycles. The van der Waals surface area contributed by atoms with E-state index < -0.39 is 0 Å². The molecular weight excluding hydrogens is 384 g/mol. The van der Waals surface area contributed by atoms with Gasteiger partial charge in [0.05, 0.1) is 10.4 Å². The van der Waals surface area contributed by atoms with Gasteiger partial charge in [0.15, 0.2) is 0 Å². The summed E-state index contributed by atoms with van der Waals surface area (Å²) in [6.45, 7) is 3.24. The Hall–Kier alpha value is -3.26. The van der Waals surface area contributed by atoms with Crippen molar-refractivity contribution < 1.29 is 0 Å². The molecule has 0 radical (unpaired) electrons. The van der Waals surface area contributed by atoms with Crippen LogP contribution < -0.4 is 15.4 Å². The number of hydrogen-bond acceptors (Lipinski definition) is 7. The van der Waals surface area contributed by atoms with Gasteiger partial charge in [-0.05, 0) is 35.8 Å². The Labute approximate surface area is 172 Å². The lowest BCUT2D eigenvalue weighted by Gasteiger charge is -2.36. The van der Waals surface area contributed by atoms with Gasteiger partial charge in [-0.25, -0.2) is 4.98 Å². The van der Waals surface area contributed by atoms with Crippen LogP contribution in [0.25, 0.3) is 21.3 Å². The minimum Gasteiger partial charge on any atom is -0.352 e. The molecule has 1 aliphatic rings. The molecule has 4 aromatic rings. The van der Waals surface area contributed by atoms with Gasteiger partial charge in [-0.3, -0.25) is 14.3 Å². The summed E-state index contributed by atoms with van der Waals surface area (Å²) in [6.07, 6.45) is 3.43. The highest BCUT2D eigenvalue weighted by molar-refractivity contribution is 7.13. The van der Waals surface area contributed by atoms with Gasteiger partial charge < -0.3 is 9.80 Å². The average molecular weight is 404 g/mol. The summed E-state index contributed by atoms with van der Waals surface area (Å²) in [5.41, 5.74) is 1.51. The van der Waals surface area contributed by atoms with Gasteiger partial charge in [0.2, 0.25) is 5.95 Å². The van der Waals surface area contributed by atoms with Crippen molar-refractivity contribution in [3.8, 4) is 11.3 Å². The molecule has 8 heteroatoms. The van der Waals surface area contributed by atoms with Crippen molar-refractivity contribution >= 4 is 33.4 Å². The summed E-state index contributed by atoms with van der Waals surface area (Å²) < 4.78 is 7.51. The Balaban J connectivity index is 1.41. The van der Waals surface area contributed by atoms with E-state index >= 15 is 0 Å². The summed E-state index contributed by atoms with van der Waals surface area (Å²) in [7, 11) is 1.78. The molecule has 0 amide bonds. The van der Waals surface area contributed by atoms with Crippen LogP contribution in [0.2, 0.25) is 0 Å². The molecule has 0 spiro atoms. The molecule has 4 heterocycles. The van der Waals surface area contributed by atoms with E-state index in [4.69, 9.17) is 4.98 Å². The highest BCUT2D eigenvalue weighted by Gasteiger charge is 2.23. The monoisotopic (exact) mass is 404 g/mol. The summed E-state index contributed by atoms with van der Waals surface area (Å²) in [6, 6.07) is 13.7. The Morgan fingerprint density at radius 3 is 2.48 bits per heavy atom. The van der Waals surface area contributed by atoms with Crippen LogP contribution >= 0.6 is 11.5 Å². The van der Waals surface area contributed by atoms with Gasteiger partial charge in [0, 0.05) is 62.6 Å². The van der Waals surface area contributed by atoms with Crippen LogP contribution in [0, 0.1) is 0 Å². The zero-order valence-corrected chi connectivity index (χ0v) is 16.8. The fourth-order valence-corrected chi connectivity index (χ4v) is 4.50. The fourth-order valence-electron chi connectivity index (χ4n) is 3.70. The SMILES string of the molecule is Cn1c(N2CCN(c3nsc4ccccc34)CC2)nc(-c2ccncc2)cc1=O. The maximum Gasteiger partial charge on any atom is 0.255 e. The molecule has 1 aromatic carbocycles. The average Bonchev–Trinajstić information content (AvgIpc) is 3.20. The largest absolute Gasteiger partial charge is 0.352 e.